The monoisotopic (exact) mass is 223 g/mol. The SMILES string of the molecule is CCC(Cc1nc(C2CCCC2)no1)NC. The summed E-state index contributed by atoms with van der Waals surface area (Å²) in [6, 6.07) is 0.442. The Morgan fingerprint density at radius 3 is 2.81 bits per heavy atom. The van der Waals surface area contributed by atoms with E-state index >= 15 is 0 Å². The van der Waals surface area contributed by atoms with Crippen LogP contribution in [0.25, 0.3) is 0 Å². The summed E-state index contributed by atoms with van der Waals surface area (Å²) in [4.78, 5) is 4.51. The van der Waals surface area contributed by atoms with Gasteiger partial charge in [-0.3, -0.25) is 0 Å². The van der Waals surface area contributed by atoms with Gasteiger partial charge in [-0.15, -0.1) is 0 Å². The Bertz CT molecular complexity index is 314. The summed E-state index contributed by atoms with van der Waals surface area (Å²) in [5.74, 6) is 2.26. The maximum Gasteiger partial charge on any atom is 0.228 e. The van der Waals surface area contributed by atoms with Crippen molar-refractivity contribution < 1.29 is 4.52 Å². The molecule has 1 aromatic heterocycles. The van der Waals surface area contributed by atoms with E-state index in [-0.39, 0.29) is 0 Å². The van der Waals surface area contributed by atoms with Crippen molar-refractivity contribution in [1.82, 2.24) is 15.5 Å². The fourth-order valence-corrected chi connectivity index (χ4v) is 2.36. The highest BCUT2D eigenvalue weighted by Crippen LogP contribution is 2.32. The molecule has 4 heteroatoms. The fraction of sp³-hybridized carbons (Fsp3) is 0.833. The molecular weight excluding hydrogens is 202 g/mol. The Labute approximate surface area is 96.8 Å². The molecule has 0 aromatic carbocycles. The van der Waals surface area contributed by atoms with Gasteiger partial charge in [0.25, 0.3) is 0 Å². The molecule has 16 heavy (non-hydrogen) atoms. The van der Waals surface area contributed by atoms with E-state index in [1.54, 1.807) is 0 Å². The first-order valence-corrected chi connectivity index (χ1v) is 6.33. The van der Waals surface area contributed by atoms with Gasteiger partial charge in [-0.25, -0.2) is 0 Å². The van der Waals surface area contributed by atoms with Gasteiger partial charge in [0.2, 0.25) is 5.89 Å². The molecule has 90 valence electrons. The number of aromatic nitrogens is 2. The number of hydrogen-bond donors (Lipinski definition) is 1. The Kier molecular flexibility index (Phi) is 3.93. The standard InChI is InChI=1S/C12H21N3O/c1-3-10(13-2)8-11-14-12(15-16-11)9-6-4-5-7-9/h9-10,13H,3-8H2,1-2H3. The molecular formula is C12H21N3O. The average Bonchev–Trinajstić information content (AvgIpc) is 2.96. The van der Waals surface area contributed by atoms with Gasteiger partial charge < -0.3 is 9.84 Å². The van der Waals surface area contributed by atoms with E-state index in [2.05, 4.69) is 22.4 Å². The van der Waals surface area contributed by atoms with Crippen LogP contribution >= 0.6 is 0 Å². The van der Waals surface area contributed by atoms with Gasteiger partial charge in [0.05, 0.1) is 0 Å². The molecule has 1 fully saturated rings. The van der Waals surface area contributed by atoms with Crippen molar-refractivity contribution in [3.05, 3.63) is 11.7 Å². The van der Waals surface area contributed by atoms with Crippen LogP contribution < -0.4 is 5.32 Å². The third-order valence-electron chi connectivity index (χ3n) is 3.53. The fourth-order valence-electron chi connectivity index (χ4n) is 2.36. The van der Waals surface area contributed by atoms with E-state index < -0.39 is 0 Å². The van der Waals surface area contributed by atoms with Crippen LogP contribution in [0.2, 0.25) is 0 Å². The predicted molar refractivity (Wildman–Crippen MR) is 62.3 cm³/mol. The summed E-state index contributed by atoms with van der Waals surface area (Å²) < 4.78 is 5.31. The quantitative estimate of drug-likeness (QED) is 0.832. The zero-order valence-electron chi connectivity index (χ0n) is 10.2. The predicted octanol–water partition coefficient (Wildman–Crippen LogP) is 2.27. The molecule has 4 nitrogen and oxygen atoms in total. The van der Waals surface area contributed by atoms with Gasteiger partial charge in [-0.05, 0) is 26.3 Å². The Balaban J connectivity index is 1.96. The van der Waals surface area contributed by atoms with E-state index in [1.807, 2.05) is 7.05 Å². The van der Waals surface area contributed by atoms with E-state index in [0.29, 0.717) is 12.0 Å². The van der Waals surface area contributed by atoms with Crippen LogP contribution in [-0.2, 0) is 6.42 Å². The lowest BCUT2D eigenvalue weighted by Gasteiger charge is -2.09. The van der Waals surface area contributed by atoms with E-state index in [1.165, 1.54) is 25.7 Å². The minimum absolute atomic E-state index is 0.442. The van der Waals surface area contributed by atoms with Crippen LogP contribution in [0.5, 0.6) is 0 Å². The van der Waals surface area contributed by atoms with Crippen LogP contribution in [-0.4, -0.2) is 23.2 Å². The molecule has 0 aliphatic heterocycles. The van der Waals surface area contributed by atoms with Crippen LogP contribution in [0.4, 0.5) is 0 Å². The number of rotatable bonds is 5. The highest BCUT2D eigenvalue weighted by molar-refractivity contribution is 4.98. The molecule has 1 aliphatic rings. The number of nitrogens with zero attached hydrogens (tertiary/aromatic N) is 2. The topological polar surface area (TPSA) is 51.0 Å². The zero-order valence-corrected chi connectivity index (χ0v) is 10.2. The third kappa shape index (κ3) is 2.61. The van der Waals surface area contributed by atoms with Gasteiger partial charge >= 0.3 is 0 Å². The number of hydrogen-bond acceptors (Lipinski definition) is 4. The largest absolute Gasteiger partial charge is 0.339 e. The smallest absolute Gasteiger partial charge is 0.228 e. The first kappa shape index (κ1) is 11.6. The highest BCUT2D eigenvalue weighted by Gasteiger charge is 2.22. The molecule has 1 aromatic rings. The lowest BCUT2D eigenvalue weighted by Crippen LogP contribution is -2.26. The summed E-state index contributed by atoms with van der Waals surface area (Å²) in [6.07, 6.45) is 6.99. The molecule has 2 rings (SSSR count). The maximum absolute atomic E-state index is 5.31. The minimum atomic E-state index is 0.442. The molecule has 1 heterocycles. The minimum Gasteiger partial charge on any atom is -0.339 e. The highest BCUT2D eigenvalue weighted by atomic mass is 16.5. The number of nitrogens with one attached hydrogen (secondary N) is 1. The van der Waals surface area contributed by atoms with Crippen molar-refractivity contribution in [2.24, 2.45) is 0 Å². The lowest BCUT2D eigenvalue weighted by molar-refractivity contribution is 0.352. The molecule has 1 unspecified atom stereocenters. The first-order chi connectivity index (χ1) is 7.83. The second kappa shape index (κ2) is 5.43. The molecule has 1 saturated carbocycles. The molecule has 0 saturated heterocycles. The lowest BCUT2D eigenvalue weighted by atomic mass is 10.1. The number of likely N-dealkylation sites (N-methyl/N-ethyl adjacent to an activating group) is 1. The third-order valence-corrected chi connectivity index (χ3v) is 3.53. The average molecular weight is 223 g/mol. The molecule has 0 radical (unpaired) electrons. The summed E-state index contributed by atoms with van der Waals surface area (Å²) >= 11 is 0. The van der Waals surface area contributed by atoms with Gasteiger partial charge in [-0.2, -0.15) is 4.98 Å². The maximum atomic E-state index is 5.31. The van der Waals surface area contributed by atoms with Gasteiger partial charge in [0.15, 0.2) is 5.82 Å². The summed E-state index contributed by atoms with van der Waals surface area (Å²) in [7, 11) is 1.97. The summed E-state index contributed by atoms with van der Waals surface area (Å²) in [5, 5.41) is 7.36. The molecule has 0 spiro atoms. The van der Waals surface area contributed by atoms with Crippen LogP contribution in [0.1, 0.15) is 56.7 Å². The van der Waals surface area contributed by atoms with Crippen molar-refractivity contribution in [1.29, 1.82) is 0 Å². The molecule has 1 aliphatic carbocycles. The molecule has 0 amide bonds. The Morgan fingerprint density at radius 2 is 2.19 bits per heavy atom. The molecule has 1 N–H and O–H groups in total. The van der Waals surface area contributed by atoms with Gasteiger partial charge in [0, 0.05) is 18.4 Å². The van der Waals surface area contributed by atoms with Crippen molar-refractivity contribution in [2.75, 3.05) is 7.05 Å². The summed E-state index contributed by atoms with van der Waals surface area (Å²) in [5.41, 5.74) is 0. The van der Waals surface area contributed by atoms with Gasteiger partial charge in [0.1, 0.15) is 0 Å². The second-order valence-corrected chi connectivity index (χ2v) is 4.63. The van der Waals surface area contributed by atoms with Crippen LogP contribution in [0, 0.1) is 0 Å². The van der Waals surface area contributed by atoms with Crippen molar-refractivity contribution in [3.8, 4) is 0 Å². The van der Waals surface area contributed by atoms with Gasteiger partial charge in [-0.1, -0.05) is 24.9 Å². The van der Waals surface area contributed by atoms with Crippen molar-refractivity contribution in [2.45, 2.75) is 57.4 Å². The molecule has 1 atom stereocenters. The van der Waals surface area contributed by atoms with Crippen LogP contribution in [0.15, 0.2) is 4.52 Å². The van der Waals surface area contributed by atoms with Crippen molar-refractivity contribution >= 4 is 0 Å². The van der Waals surface area contributed by atoms with Crippen LogP contribution in [0.3, 0.4) is 0 Å². The molecule has 0 bridgehead atoms. The Hall–Kier alpha value is -0.900. The van der Waals surface area contributed by atoms with E-state index in [9.17, 15) is 0 Å². The summed E-state index contributed by atoms with van der Waals surface area (Å²) in [6.45, 7) is 2.16. The normalized spacial score (nSPS) is 19.1. The van der Waals surface area contributed by atoms with Crippen molar-refractivity contribution in [3.63, 3.8) is 0 Å². The second-order valence-electron chi connectivity index (χ2n) is 4.63. The zero-order chi connectivity index (χ0) is 11.4. The van der Waals surface area contributed by atoms with E-state index in [0.717, 1.165) is 24.6 Å². The Morgan fingerprint density at radius 1 is 1.44 bits per heavy atom. The first-order valence-electron chi connectivity index (χ1n) is 6.33. The van der Waals surface area contributed by atoms with E-state index in [4.69, 9.17) is 4.52 Å².